The average molecular weight is 401 g/mol. The highest BCUT2D eigenvalue weighted by Crippen LogP contribution is 2.27. The second-order valence-corrected chi connectivity index (χ2v) is 7.69. The molecule has 0 aromatic heterocycles. The van der Waals surface area contributed by atoms with Crippen molar-refractivity contribution in [2.75, 3.05) is 6.61 Å². The zero-order chi connectivity index (χ0) is 21.2. The van der Waals surface area contributed by atoms with Crippen molar-refractivity contribution in [3.05, 3.63) is 42.0 Å². The highest BCUT2D eigenvalue weighted by Gasteiger charge is 2.02. The lowest BCUT2D eigenvalue weighted by molar-refractivity contribution is -0.114. The molecule has 0 fully saturated rings. The van der Waals surface area contributed by atoms with Gasteiger partial charge in [0.25, 0.3) is 0 Å². The molecule has 0 heterocycles. The number of rotatable bonds is 17. The van der Waals surface area contributed by atoms with E-state index in [0.717, 1.165) is 31.2 Å². The second-order valence-electron chi connectivity index (χ2n) is 7.69. The van der Waals surface area contributed by atoms with Crippen LogP contribution in [-0.4, -0.2) is 17.5 Å². The third kappa shape index (κ3) is 12.9. The van der Waals surface area contributed by atoms with Crippen LogP contribution in [0.25, 0.3) is 6.08 Å². The topological polar surface area (TPSA) is 46.5 Å². The van der Waals surface area contributed by atoms with Crippen molar-refractivity contribution in [3.8, 4) is 11.5 Å². The van der Waals surface area contributed by atoms with Gasteiger partial charge in [-0.25, -0.2) is 0 Å². The second kappa shape index (κ2) is 16.9. The summed E-state index contributed by atoms with van der Waals surface area (Å²) in [4.78, 5) is 11.9. The van der Waals surface area contributed by atoms with Crippen LogP contribution < -0.4 is 4.74 Å². The van der Waals surface area contributed by atoms with Crippen LogP contribution in [0.2, 0.25) is 0 Å². The van der Waals surface area contributed by atoms with Crippen molar-refractivity contribution in [2.24, 2.45) is 0 Å². The van der Waals surface area contributed by atoms with Crippen LogP contribution in [0, 0.1) is 0 Å². The first-order chi connectivity index (χ1) is 14.2. The van der Waals surface area contributed by atoms with E-state index >= 15 is 0 Å². The van der Waals surface area contributed by atoms with E-state index in [2.05, 4.69) is 13.8 Å². The van der Waals surface area contributed by atoms with Gasteiger partial charge in [0.05, 0.1) is 6.61 Å². The third-order valence-corrected chi connectivity index (χ3v) is 4.95. The molecule has 0 aliphatic rings. The number of carbonyl (C=O) groups excluding carboxylic acids is 1. The van der Waals surface area contributed by atoms with Gasteiger partial charge in [-0.1, -0.05) is 95.9 Å². The summed E-state index contributed by atoms with van der Waals surface area (Å²) in [5.41, 5.74) is 0.935. The Kier molecular flexibility index (Phi) is 14.6. The molecule has 0 spiro atoms. The van der Waals surface area contributed by atoms with Crippen molar-refractivity contribution in [1.82, 2.24) is 0 Å². The predicted molar refractivity (Wildman–Crippen MR) is 124 cm³/mol. The number of carbonyl (C=O) groups is 1. The lowest BCUT2D eigenvalue weighted by Crippen LogP contribution is -1.96. The quantitative estimate of drug-likeness (QED) is 0.166. The molecule has 3 nitrogen and oxygen atoms in total. The standard InChI is InChI=1S/C26H40O3/c1-3-5-7-8-9-10-11-12-13-17-24(27)18-15-14-16-23-19-20-25(28)26(22-23)29-21-6-4-2/h14-16,18-20,22,28H,3-13,17,21H2,1-2H3. The Morgan fingerprint density at radius 1 is 0.897 bits per heavy atom. The van der Waals surface area contributed by atoms with Crippen LogP contribution in [0.5, 0.6) is 11.5 Å². The largest absolute Gasteiger partial charge is 0.504 e. The van der Waals surface area contributed by atoms with Gasteiger partial charge in [-0.05, 0) is 36.6 Å². The normalized spacial score (nSPS) is 11.5. The molecule has 0 amide bonds. The maximum absolute atomic E-state index is 11.9. The van der Waals surface area contributed by atoms with E-state index in [1.807, 2.05) is 24.3 Å². The van der Waals surface area contributed by atoms with Crippen molar-refractivity contribution in [2.45, 2.75) is 90.9 Å². The van der Waals surface area contributed by atoms with Crippen LogP contribution in [0.3, 0.4) is 0 Å². The van der Waals surface area contributed by atoms with Crippen molar-refractivity contribution >= 4 is 11.9 Å². The van der Waals surface area contributed by atoms with Crippen molar-refractivity contribution in [1.29, 1.82) is 0 Å². The Bertz CT molecular complexity index is 616. The fraction of sp³-hybridized carbons (Fsp3) is 0.577. The Balaban J connectivity index is 2.22. The molecule has 0 saturated carbocycles. The van der Waals surface area contributed by atoms with Crippen molar-refractivity contribution < 1.29 is 14.6 Å². The Labute approximate surface area is 177 Å². The first-order valence-corrected chi connectivity index (χ1v) is 11.5. The maximum atomic E-state index is 11.9. The van der Waals surface area contributed by atoms with E-state index in [9.17, 15) is 9.90 Å². The zero-order valence-corrected chi connectivity index (χ0v) is 18.5. The molecule has 0 radical (unpaired) electrons. The summed E-state index contributed by atoms with van der Waals surface area (Å²) < 4.78 is 5.60. The SMILES string of the molecule is CCCCCCCCCCCC(=O)C=CC=Cc1ccc(O)c(OCCCC)c1. The number of unbranched alkanes of at least 4 members (excludes halogenated alkanes) is 9. The Morgan fingerprint density at radius 3 is 2.24 bits per heavy atom. The van der Waals surface area contributed by atoms with E-state index in [-0.39, 0.29) is 11.5 Å². The predicted octanol–water partition coefficient (Wildman–Crippen LogP) is 7.63. The lowest BCUT2D eigenvalue weighted by atomic mass is 10.1. The molecule has 0 unspecified atom stereocenters. The smallest absolute Gasteiger partial charge is 0.161 e. The van der Waals surface area contributed by atoms with Crippen molar-refractivity contribution in [3.63, 3.8) is 0 Å². The number of phenols is 1. The molecular formula is C26H40O3. The Morgan fingerprint density at radius 2 is 1.55 bits per heavy atom. The molecule has 0 bridgehead atoms. The average Bonchev–Trinajstić information content (AvgIpc) is 2.72. The number of phenolic OH excluding ortho intramolecular Hbond substituents is 1. The molecule has 1 aromatic carbocycles. The molecule has 29 heavy (non-hydrogen) atoms. The van der Waals surface area contributed by atoms with Gasteiger partial charge in [0.2, 0.25) is 0 Å². The molecule has 0 aliphatic heterocycles. The maximum Gasteiger partial charge on any atom is 0.161 e. The highest BCUT2D eigenvalue weighted by atomic mass is 16.5. The van der Waals surface area contributed by atoms with Crippen LogP contribution in [-0.2, 0) is 4.79 Å². The number of ketones is 1. The van der Waals surface area contributed by atoms with Crippen LogP contribution >= 0.6 is 0 Å². The minimum atomic E-state index is 0.157. The summed E-state index contributed by atoms with van der Waals surface area (Å²) in [5.74, 6) is 0.850. The summed E-state index contributed by atoms with van der Waals surface area (Å²) in [5, 5.41) is 9.86. The van der Waals surface area contributed by atoms with E-state index in [1.54, 1.807) is 18.2 Å². The summed E-state index contributed by atoms with van der Waals surface area (Å²) in [6.07, 6.45) is 21.3. The van der Waals surface area contributed by atoms with Gasteiger partial charge in [0.15, 0.2) is 17.3 Å². The fourth-order valence-corrected chi connectivity index (χ4v) is 3.10. The molecule has 0 saturated heterocycles. The van der Waals surface area contributed by atoms with Crippen LogP contribution in [0.4, 0.5) is 0 Å². The van der Waals surface area contributed by atoms with Gasteiger partial charge >= 0.3 is 0 Å². The summed E-state index contributed by atoms with van der Waals surface area (Å²) in [7, 11) is 0. The van der Waals surface area contributed by atoms with Gasteiger partial charge in [-0.2, -0.15) is 0 Å². The highest BCUT2D eigenvalue weighted by molar-refractivity contribution is 5.89. The van der Waals surface area contributed by atoms with Gasteiger partial charge in [0, 0.05) is 6.42 Å². The third-order valence-electron chi connectivity index (χ3n) is 4.95. The minimum Gasteiger partial charge on any atom is -0.504 e. The number of hydrogen-bond donors (Lipinski definition) is 1. The molecule has 1 N–H and O–H groups in total. The van der Waals surface area contributed by atoms with Gasteiger partial charge < -0.3 is 9.84 Å². The molecule has 3 heteroatoms. The molecule has 162 valence electrons. The number of aromatic hydroxyl groups is 1. The monoisotopic (exact) mass is 400 g/mol. The fourth-order valence-electron chi connectivity index (χ4n) is 3.10. The summed E-state index contributed by atoms with van der Waals surface area (Å²) in [6.45, 7) is 4.95. The summed E-state index contributed by atoms with van der Waals surface area (Å²) in [6, 6.07) is 5.29. The Hall–Kier alpha value is -2.03. The van der Waals surface area contributed by atoms with E-state index in [1.165, 1.54) is 44.9 Å². The first-order valence-electron chi connectivity index (χ1n) is 11.5. The summed E-state index contributed by atoms with van der Waals surface area (Å²) >= 11 is 0. The minimum absolute atomic E-state index is 0.157. The van der Waals surface area contributed by atoms with E-state index in [0.29, 0.717) is 18.8 Å². The molecule has 0 atom stereocenters. The van der Waals surface area contributed by atoms with Crippen LogP contribution in [0.1, 0.15) is 96.5 Å². The number of benzene rings is 1. The number of hydrogen-bond acceptors (Lipinski definition) is 3. The number of allylic oxidation sites excluding steroid dienone is 3. The van der Waals surface area contributed by atoms with Gasteiger partial charge in [-0.3, -0.25) is 4.79 Å². The molecular weight excluding hydrogens is 360 g/mol. The van der Waals surface area contributed by atoms with E-state index in [4.69, 9.17) is 4.74 Å². The lowest BCUT2D eigenvalue weighted by Gasteiger charge is -2.08. The van der Waals surface area contributed by atoms with E-state index < -0.39 is 0 Å². The first kappa shape index (κ1) is 25.0. The molecule has 1 rings (SSSR count). The van der Waals surface area contributed by atoms with Gasteiger partial charge in [0.1, 0.15) is 0 Å². The van der Waals surface area contributed by atoms with Crippen LogP contribution in [0.15, 0.2) is 36.4 Å². The zero-order valence-electron chi connectivity index (χ0n) is 18.5. The van der Waals surface area contributed by atoms with Gasteiger partial charge in [-0.15, -0.1) is 0 Å². The number of ether oxygens (including phenoxy) is 1. The molecule has 1 aromatic rings. The molecule has 0 aliphatic carbocycles.